The molecule has 1 heterocycles. The Hall–Kier alpha value is -1.40. The van der Waals surface area contributed by atoms with E-state index in [0.29, 0.717) is 11.0 Å². The number of nitriles is 1. The summed E-state index contributed by atoms with van der Waals surface area (Å²) in [6, 6.07) is 6.86. The molecule has 2 nitrogen and oxygen atoms in total. The van der Waals surface area contributed by atoms with Crippen molar-refractivity contribution < 1.29 is 4.39 Å². The first-order valence-corrected chi connectivity index (χ1v) is 6.58. The summed E-state index contributed by atoms with van der Waals surface area (Å²) in [5, 5.41) is 12.5. The van der Waals surface area contributed by atoms with Gasteiger partial charge in [0.25, 0.3) is 0 Å². The van der Waals surface area contributed by atoms with E-state index in [0.717, 1.165) is 24.6 Å². The van der Waals surface area contributed by atoms with Crippen LogP contribution in [0.5, 0.6) is 0 Å². The number of hydrogen-bond acceptors (Lipinski definition) is 2. The molecular weight excluding hydrogens is 227 g/mol. The summed E-state index contributed by atoms with van der Waals surface area (Å²) >= 11 is 0. The molecule has 4 aliphatic rings. The fourth-order valence-electron chi connectivity index (χ4n) is 4.38. The second-order valence-electron chi connectivity index (χ2n) is 6.33. The topological polar surface area (TPSA) is 35.8 Å². The van der Waals surface area contributed by atoms with E-state index in [1.54, 1.807) is 0 Å². The van der Waals surface area contributed by atoms with Crippen LogP contribution >= 0.6 is 0 Å². The maximum Gasteiger partial charge on any atom is 0.124 e. The van der Waals surface area contributed by atoms with Crippen LogP contribution in [0.4, 0.5) is 4.39 Å². The van der Waals surface area contributed by atoms with Crippen LogP contribution in [0, 0.1) is 28.5 Å². The van der Waals surface area contributed by atoms with E-state index >= 15 is 0 Å². The van der Waals surface area contributed by atoms with E-state index in [9.17, 15) is 4.39 Å². The van der Waals surface area contributed by atoms with Crippen LogP contribution < -0.4 is 5.32 Å². The molecule has 0 atom stereocenters. The lowest BCUT2D eigenvalue weighted by Crippen LogP contribution is -2.72. The molecule has 92 valence electrons. The SMILES string of the molecule is N#Cc1cc(F)ccc1C12CC(C3CNC3)(C1)C2. The summed E-state index contributed by atoms with van der Waals surface area (Å²) in [5.41, 5.74) is 2.37. The minimum atomic E-state index is -0.306. The number of nitrogens with zero attached hydrogens (tertiary/aromatic N) is 1. The van der Waals surface area contributed by atoms with Gasteiger partial charge in [-0.1, -0.05) is 6.07 Å². The zero-order valence-electron chi connectivity index (χ0n) is 10.2. The Balaban J connectivity index is 1.62. The number of benzene rings is 1. The molecule has 5 rings (SSSR count). The monoisotopic (exact) mass is 242 g/mol. The Morgan fingerprint density at radius 2 is 2.00 bits per heavy atom. The second-order valence-corrected chi connectivity index (χ2v) is 6.33. The Kier molecular flexibility index (Phi) is 1.83. The summed E-state index contributed by atoms with van der Waals surface area (Å²) in [7, 11) is 0. The molecule has 0 amide bonds. The van der Waals surface area contributed by atoms with Gasteiger partial charge < -0.3 is 5.32 Å². The van der Waals surface area contributed by atoms with Gasteiger partial charge in [0, 0.05) is 0 Å². The Labute approximate surface area is 106 Å². The van der Waals surface area contributed by atoms with Gasteiger partial charge in [-0.05, 0) is 66.8 Å². The van der Waals surface area contributed by atoms with E-state index in [1.807, 2.05) is 6.07 Å². The third-order valence-electron chi connectivity index (χ3n) is 5.39. The molecule has 2 bridgehead atoms. The quantitative estimate of drug-likeness (QED) is 0.864. The van der Waals surface area contributed by atoms with Crippen molar-refractivity contribution in [3.63, 3.8) is 0 Å². The largest absolute Gasteiger partial charge is 0.316 e. The third-order valence-corrected chi connectivity index (χ3v) is 5.39. The number of nitrogens with one attached hydrogen (secondary N) is 1. The van der Waals surface area contributed by atoms with Gasteiger partial charge in [-0.2, -0.15) is 5.26 Å². The van der Waals surface area contributed by atoms with Crippen LogP contribution in [0.25, 0.3) is 0 Å². The predicted octanol–water partition coefficient (Wildman–Crippen LogP) is 2.34. The highest BCUT2D eigenvalue weighted by Crippen LogP contribution is 2.77. The number of rotatable bonds is 2. The number of hydrogen-bond donors (Lipinski definition) is 1. The smallest absolute Gasteiger partial charge is 0.124 e. The summed E-state index contributed by atoms with van der Waals surface area (Å²) in [4.78, 5) is 0. The van der Waals surface area contributed by atoms with Crippen LogP contribution in [0.1, 0.15) is 30.4 Å². The van der Waals surface area contributed by atoms with Gasteiger partial charge in [0.1, 0.15) is 5.82 Å². The predicted molar refractivity (Wildman–Crippen MR) is 65.4 cm³/mol. The van der Waals surface area contributed by atoms with Crippen molar-refractivity contribution in [2.75, 3.05) is 13.1 Å². The van der Waals surface area contributed by atoms with Crippen LogP contribution in [0.2, 0.25) is 0 Å². The highest BCUT2D eigenvalue weighted by Gasteiger charge is 2.71. The molecule has 1 N–H and O–H groups in total. The summed E-state index contributed by atoms with van der Waals surface area (Å²) < 4.78 is 13.2. The van der Waals surface area contributed by atoms with E-state index in [2.05, 4.69) is 11.4 Å². The first-order chi connectivity index (χ1) is 8.67. The Morgan fingerprint density at radius 1 is 1.28 bits per heavy atom. The van der Waals surface area contributed by atoms with Crippen molar-refractivity contribution in [1.82, 2.24) is 5.32 Å². The summed E-state index contributed by atoms with van der Waals surface area (Å²) in [6.07, 6.45) is 3.60. The summed E-state index contributed by atoms with van der Waals surface area (Å²) in [5.74, 6) is 0.533. The maximum atomic E-state index is 13.2. The molecule has 4 fully saturated rings. The molecule has 0 aromatic heterocycles. The second kappa shape index (κ2) is 3.13. The van der Waals surface area contributed by atoms with Crippen molar-refractivity contribution >= 4 is 0 Å². The third kappa shape index (κ3) is 1.10. The fourth-order valence-corrected chi connectivity index (χ4v) is 4.38. The fraction of sp³-hybridized carbons (Fsp3) is 0.533. The maximum absolute atomic E-state index is 13.2. The molecule has 18 heavy (non-hydrogen) atoms. The van der Waals surface area contributed by atoms with Gasteiger partial charge in [0.2, 0.25) is 0 Å². The van der Waals surface area contributed by atoms with Gasteiger partial charge in [-0.25, -0.2) is 4.39 Å². The molecular formula is C15H15FN2. The van der Waals surface area contributed by atoms with Gasteiger partial charge in [-0.3, -0.25) is 0 Å². The molecule has 3 aliphatic carbocycles. The van der Waals surface area contributed by atoms with Gasteiger partial charge in [0.15, 0.2) is 0 Å². The molecule has 1 aromatic rings. The standard InChI is InChI=1S/C15H15FN2/c16-12-1-2-13(10(3-12)4-17)15-7-14(8-15,9-15)11-5-18-6-11/h1-3,11,18H,5-9H2. The Bertz CT molecular complexity index is 549. The zero-order valence-corrected chi connectivity index (χ0v) is 10.2. The summed E-state index contributed by atoms with van der Waals surface area (Å²) in [6.45, 7) is 2.31. The first-order valence-electron chi connectivity index (χ1n) is 6.58. The molecule has 3 saturated carbocycles. The molecule has 1 saturated heterocycles. The normalized spacial score (nSPS) is 37.1. The number of halogens is 1. The van der Waals surface area contributed by atoms with E-state index in [1.165, 1.54) is 31.4 Å². The lowest BCUT2D eigenvalue weighted by atomic mass is 9.30. The highest BCUT2D eigenvalue weighted by atomic mass is 19.1. The highest BCUT2D eigenvalue weighted by molar-refractivity contribution is 5.49. The minimum absolute atomic E-state index is 0.203. The average Bonchev–Trinajstić information content (AvgIpc) is 2.19. The first kappa shape index (κ1) is 10.5. The minimum Gasteiger partial charge on any atom is -0.316 e. The van der Waals surface area contributed by atoms with Crippen LogP contribution in [-0.2, 0) is 5.41 Å². The molecule has 3 heteroatoms. The van der Waals surface area contributed by atoms with Crippen molar-refractivity contribution in [3.05, 3.63) is 35.1 Å². The van der Waals surface area contributed by atoms with Crippen LogP contribution in [0.3, 0.4) is 0 Å². The van der Waals surface area contributed by atoms with Crippen molar-refractivity contribution in [1.29, 1.82) is 5.26 Å². The van der Waals surface area contributed by atoms with E-state index < -0.39 is 0 Å². The van der Waals surface area contributed by atoms with Gasteiger partial charge in [-0.15, -0.1) is 0 Å². The molecule has 1 aromatic carbocycles. The van der Waals surface area contributed by atoms with Crippen molar-refractivity contribution in [2.45, 2.75) is 24.7 Å². The van der Waals surface area contributed by atoms with Crippen molar-refractivity contribution in [2.24, 2.45) is 11.3 Å². The lowest BCUT2D eigenvalue weighted by Gasteiger charge is -2.75. The van der Waals surface area contributed by atoms with E-state index in [-0.39, 0.29) is 11.2 Å². The van der Waals surface area contributed by atoms with E-state index in [4.69, 9.17) is 5.26 Å². The van der Waals surface area contributed by atoms with Crippen LogP contribution in [-0.4, -0.2) is 13.1 Å². The van der Waals surface area contributed by atoms with Crippen LogP contribution in [0.15, 0.2) is 18.2 Å². The Morgan fingerprint density at radius 3 is 2.56 bits per heavy atom. The lowest BCUT2D eigenvalue weighted by molar-refractivity contribution is -0.191. The molecule has 0 radical (unpaired) electrons. The molecule has 0 unspecified atom stereocenters. The van der Waals surface area contributed by atoms with Gasteiger partial charge >= 0.3 is 0 Å². The van der Waals surface area contributed by atoms with Crippen molar-refractivity contribution in [3.8, 4) is 6.07 Å². The average molecular weight is 242 g/mol. The van der Waals surface area contributed by atoms with Gasteiger partial charge in [0.05, 0.1) is 11.6 Å². The molecule has 0 spiro atoms. The molecule has 1 aliphatic heterocycles. The zero-order chi connectivity index (χ0) is 12.4.